The Hall–Kier alpha value is -1.74. The lowest BCUT2D eigenvalue weighted by Crippen LogP contribution is -2.31. The maximum atomic E-state index is 12.2. The molecule has 1 unspecified atom stereocenters. The minimum atomic E-state index is -0.421. The van der Waals surface area contributed by atoms with Gasteiger partial charge in [-0.2, -0.15) is 0 Å². The number of benzene rings is 1. The highest BCUT2D eigenvalue weighted by Gasteiger charge is 2.17. The standard InChI is InChI=1S/C16H20N2O/c1-10(2)8-14(17)16(19)13-6-7-15-12(9-13)5-4-11(3)18-15/h4-7,9-10,14H,8,17H2,1-3H3. The first-order valence-electron chi connectivity index (χ1n) is 6.64. The van der Waals surface area contributed by atoms with Gasteiger partial charge in [-0.15, -0.1) is 0 Å². The van der Waals surface area contributed by atoms with Crippen LogP contribution in [-0.4, -0.2) is 16.8 Å². The summed E-state index contributed by atoms with van der Waals surface area (Å²) in [7, 11) is 0. The van der Waals surface area contributed by atoms with Crippen molar-refractivity contribution in [3.63, 3.8) is 0 Å². The van der Waals surface area contributed by atoms with Crippen molar-refractivity contribution in [2.24, 2.45) is 11.7 Å². The fourth-order valence-corrected chi connectivity index (χ4v) is 2.21. The molecule has 1 aromatic carbocycles. The number of aromatic nitrogens is 1. The SMILES string of the molecule is Cc1ccc2cc(C(=O)C(N)CC(C)C)ccc2n1. The topological polar surface area (TPSA) is 56.0 Å². The molecular formula is C16H20N2O. The van der Waals surface area contributed by atoms with Gasteiger partial charge in [-0.05, 0) is 43.5 Å². The molecule has 2 rings (SSSR count). The van der Waals surface area contributed by atoms with Crippen molar-refractivity contribution in [2.75, 3.05) is 0 Å². The molecule has 0 radical (unpaired) electrons. The average molecular weight is 256 g/mol. The number of carbonyl (C=O) groups excluding carboxylic acids is 1. The molecular weight excluding hydrogens is 236 g/mol. The zero-order valence-corrected chi connectivity index (χ0v) is 11.7. The van der Waals surface area contributed by atoms with E-state index < -0.39 is 6.04 Å². The summed E-state index contributed by atoms with van der Waals surface area (Å²) >= 11 is 0. The van der Waals surface area contributed by atoms with Crippen molar-refractivity contribution < 1.29 is 4.79 Å². The average Bonchev–Trinajstić information content (AvgIpc) is 2.36. The minimum absolute atomic E-state index is 0.0103. The number of fused-ring (bicyclic) bond motifs is 1. The lowest BCUT2D eigenvalue weighted by atomic mass is 9.96. The quantitative estimate of drug-likeness (QED) is 0.855. The molecule has 0 aliphatic rings. The van der Waals surface area contributed by atoms with Crippen molar-refractivity contribution in [1.29, 1.82) is 0 Å². The Morgan fingerprint density at radius 3 is 2.68 bits per heavy atom. The van der Waals surface area contributed by atoms with Crippen LogP contribution in [-0.2, 0) is 0 Å². The highest BCUT2D eigenvalue weighted by molar-refractivity contribution is 6.02. The zero-order chi connectivity index (χ0) is 14.0. The first-order chi connectivity index (χ1) is 8.97. The predicted molar refractivity (Wildman–Crippen MR) is 78.2 cm³/mol. The summed E-state index contributed by atoms with van der Waals surface area (Å²) in [4.78, 5) is 16.7. The molecule has 3 nitrogen and oxygen atoms in total. The Labute approximate surface area is 113 Å². The number of hydrogen-bond donors (Lipinski definition) is 1. The molecule has 0 aliphatic heterocycles. The number of ketones is 1. The normalized spacial score (nSPS) is 12.9. The van der Waals surface area contributed by atoms with E-state index in [1.54, 1.807) is 0 Å². The van der Waals surface area contributed by atoms with E-state index in [4.69, 9.17) is 5.73 Å². The molecule has 1 aromatic heterocycles. The van der Waals surface area contributed by atoms with Gasteiger partial charge in [0.25, 0.3) is 0 Å². The van der Waals surface area contributed by atoms with Crippen LogP contribution in [0.3, 0.4) is 0 Å². The molecule has 19 heavy (non-hydrogen) atoms. The minimum Gasteiger partial charge on any atom is -0.321 e. The monoisotopic (exact) mass is 256 g/mol. The lowest BCUT2D eigenvalue weighted by Gasteiger charge is -2.13. The molecule has 0 saturated carbocycles. The maximum Gasteiger partial charge on any atom is 0.179 e. The number of pyridine rings is 1. The van der Waals surface area contributed by atoms with E-state index in [-0.39, 0.29) is 5.78 Å². The van der Waals surface area contributed by atoms with Gasteiger partial charge in [-0.25, -0.2) is 0 Å². The van der Waals surface area contributed by atoms with Crippen LogP contribution in [0.15, 0.2) is 30.3 Å². The molecule has 2 N–H and O–H groups in total. The Morgan fingerprint density at radius 2 is 2.00 bits per heavy atom. The number of hydrogen-bond acceptors (Lipinski definition) is 3. The van der Waals surface area contributed by atoms with Crippen LogP contribution >= 0.6 is 0 Å². The fraction of sp³-hybridized carbons (Fsp3) is 0.375. The van der Waals surface area contributed by atoms with Crippen molar-refractivity contribution in [2.45, 2.75) is 33.2 Å². The number of nitrogens with zero attached hydrogens (tertiary/aromatic N) is 1. The second kappa shape index (κ2) is 5.49. The molecule has 0 spiro atoms. The second-order valence-corrected chi connectivity index (χ2v) is 5.46. The molecule has 0 aliphatic carbocycles. The van der Waals surface area contributed by atoms with Gasteiger partial charge in [0.1, 0.15) is 0 Å². The van der Waals surface area contributed by atoms with E-state index in [0.29, 0.717) is 17.9 Å². The third-order valence-corrected chi connectivity index (χ3v) is 3.18. The number of nitrogens with two attached hydrogens (primary N) is 1. The molecule has 1 heterocycles. The Morgan fingerprint density at radius 1 is 1.26 bits per heavy atom. The summed E-state index contributed by atoms with van der Waals surface area (Å²) in [5.41, 5.74) is 8.51. The van der Waals surface area contributed by atoms with Crippen molar-refractivity contribution in [1.82, 2.24) is 4.98 Å². The third kappa shape index (κ3) is 3.18. The molecule has 0 amide bonds. The van der Waals surface area contributed by atoms with Gasteiger partial charge in [0, 0.05) is 16.6 Å². The van der Waals surface area contributed by atoms with Crippen LogP contribution in [0, 0.1) is 12.8 Å². The molecule has 0 fully saturated rings. The first kappa shape index (κ1) is 13.7. The molecule has 0 saturated heterocycles. The van der Waals surface area contributed by atoms with Gasteiger partial charge in [0.15, 0.2) is 5.78 Å². The van der Waals surface area contributed by atoms with Crippen molar-refractivity contribution >= 4 is 16.7 Å². The summed E-state index contributed by atoms with van der Waals surface area (Å²) in [5.74, 6) is 0.430. The van der Waals surface area contributed by atoms with E-state index >= 15 is 0 Å². The van der Waals surface area contributed by atoms with Crippen LogP contribution in [0.5, 0.6) is 0 Å². The van der Waals surface area contributed by atoms with E-state index in [1.165, 1.54) is 0 Å². The van der Waals surface area contributed by atoms with Crippen molar-refractivity contribution in [3.05, 3.63) is 41.6 Å². The first-order valence-corrected chi connectivity index (χ1v) is 6.64. The molecule has 2 aromatic rings. The summed E-state index contributed by atoms with van der Waals surface area (Å²) < 4.78 is 0. The molecule has 0 bridgehead atoms. The van der Waals surface area contributed by atoms with Crippen LogP contribution in [0.25, 0.3) is 10.9 Å². The number of Topliss-reactive ketones (excluding diaryl/α,β-unsaturated/α-hetero) is 1. The highest BCUT2D eigenvalue weighted by atomic mass is 16.1. The molecule has 1 atom stereocenters. The molecule has 100 valence electrons. The Balaban J connectivity index is 2.30. The lowest BCUT2D eigenvalue weighted by molar-refractivity contribution is 0.0951. The maximum absolute atomic E-state index is 12.2. The number of carbonyl (C=O) groups is 1. The number of rotatable bonds is 4. The van der Waals surface area contributed by atoms with E-state index in [1.807, 2.05) is 37.3 Å². The summed E-state index contributed by atoms with van der Waals surface area (Å²) in [5, 5.41) is 0.980. The van der Waals surface area contributed by atoms with Crippen LogP contribution in [0.1, 0.15) is 36.3 Å². The van der Waals surface area contributed by atoms with Gasteiger partial charge in [-0.1, -0.05) is 19.9 Å². The van der Waals surface area contributed by atoms with Gasteiger partial charge in [0.2, 0.25) is 0 Å². The van der Waals surface area contributed by atoms with Crippen LogP contribution in [0.4, 0.5) is 0 Å². The van der Waals surface area contributed by atoms with Gasteiger partial charge in [0.05, 0.1) is 11.6 Å². The highest BCUT2D eigenvalue weighted by Crippen LogP contribution is 2.17. The largest absolute Gasteiger partial charge is 0.321 e. The van der Waals surface area contributed by atoms with E-state index in [0.717, 1.165) is 16.6 Å². The van der Waals surface area contributed by atoms with Gasteiger partial charge < -0.3 is 5.73 Å². The molecule has 3 heteroatoms. The van der Waals surface area contributed by atoms with Gasteiger partial charge in [-0.3, -0.25) is 9.78 Å². The summed E-state index contributed by atoms with van der Waals surface area (Å²) in [6, 6.07) is 9.10. The third-order valence-electron chi connectivity index (χ3n) is 3.18. The zero-order valence-electron chi connectivity index (χ0n) is 11.7. The Bertz CT molecular complexity index is 605. The summed E-state index contributed by atoms with van der Waals surface area (Å²) in [6.45, 7) is 6.09. The number of aryl methyl sites for hydroxylation is 1. The van der Waals surface area contributed by atoms with E-state index in [2.05, 4.69) is 18.8 Å². The fourth-order valence-electron chi connectivity index (χ4n) is 2.21. The van der Waals surface area contributed by atoms with Gasteiger partial charge >= 0.3 is 0 Å². The Kier molecular flexibility index (Phi) is 3.96. The summed E-state index contributed by atoms with van der Waals surface area (Å²) in [6.07, 6.45) is 0.711. The predicted octanol–water partition coefficient (Wildman–Crippen LogP) is 3.10. The van der Waals surface area contributed by atoms with E-state index in [9.17, 15) is 4.79 Å². The smallest absolute Gasteiger partial charge is 0.179 e. The van der Waals surface area contributed by atoms with Crippen LogP contribution < -0.4 is 5.73 Å². The van der Waals surface area contributed by atoms with Crippen LogP contribution in [0.2, 0.25) is 0 Å². The van der Waals surface area contributed by atoms with Crippen molar-refractivity contribution in [3.8, 4) is 0 Å². The second-order valence-electron chi connectivity index (χ2n) is 5.46.